The maximum Gasteiger partial charge on any atom is 0.261 e. The summed E-state index contributed by atoms with van der Waals surface area (Å²) in [5, 5.41) is 0.178. The molecule has 1 aliphatic heterocycles. The van der Waals surface area contributed by atoms with Gasteiger partial charge in [-0.25, -0.2) is 8.42 Å². The van der Waals surface area contributed by atoms with Crippen LogP contribution < -0.4 is 0 Å². The zero-order valence-electron chi connectivity index (χ0n) is 11.9. The van der Waals surface area contributed by atoms with Crippen LogP contribution in [-0.2, 0) is 9.05 Å². The Morgan fingerprint density at radius 3 is 2.29 bits per heavy atom. The molecule has 1 aromatic carbocycles. The Morgan fingerprint density at radius 2 is 1.76 bits per heavy atom. The summed E-state index contributed by atoms with van der Waals surface area (Å²) in [6.07, 6.45) is 1.83. The number of halogens is 2. The van der Waals surface area contributed by atoms with E-state index in [0.717, 1.165) is 12.8 Å². The fourth-order valence-electron chi connectivity index (χ4n) is 2.32. The standard InChI is InChI=1S/C14H17Cl2NO3S/c1-14(2)3-5-17(6-4-14)13(18)10-7-11(15)9-12(8-10)21(16,19)20/h7-9H,3-6H2,1-2H3. The van der Waals surface area contributed by atoms with Crippen molar-refractivity contribution in [2.45, 2.75) is 31.6 Å². The summed E-state index contributed by atoms with van der Waals surface area (Å²) < 4.78 is 22.8. The van der Waals surface area contributed by atoms with Crippen molar-refractivity contribution in [3.05, 3.63) is 28.8 Å². The number of likely N-dealkylation sites (tertiary alicyclic amines) is 1. The van der Waals surface area contributed by atoms with E-state index in [1.54, 1.807) is 4.90 Å². The van der Waals surface area contributed by atoms with E-state index < -0.39 is 9.05 Å². The van der Waals surface area contributed by atoms with Gasteiger partial charge in [0.2, 0.25) is 0 Å². The minimum absolute atomic E-state index is 0.155. The Kier molecular flexibility index (Phi) is 4.57. The smallest absolute Gasteiger partial charge is 0.261 e. The predicted molar refractivity (Wildman–Crippen MR) is 83.4 cm³/mol. The Hall–Kier alpha value is -0.780. The number of hydrogen-bond acceptors (Lipinski definition) is 3. The second kappa shape index (κ2) is 5.78. The first-order chi connectivity index (χ1) is 9.58. The Morgan fingerprint density at radius 1 is 1.19 bits per heavy atom. The first kappa shape index (κ1) is 16.6. The number of nitrogens with zero attached hydrogens (tertiary/aromatic N) is 1. The van der Waals surface area contributed by atoms with Gasteiger partial charge in [0.15, 0.2) is 0 Å². The molecule has 116 valence electrons. The highest BCUT2D eigenvalue weighted by Gasteiger charge is 2.29. The summed E-state index contributed by atoms with van der Waals surface area (Å²) in [7, 11) is 1.41. The third kappa shape index (κ3) is 4.11. The molecule has 4 nitrogen and oxygen atoms in total. The van der Waals surface area contributed by atoms with Gasteiger partial charge in [-0.3, -0.25) is 4.79 Å². The van der Waals surface area contributed by atoms with Crippen LogP contribution in [0.25, 0.3) is 0 Å². The van der Waals surface area contributed by atoms with Gasteiger partial charge in [0.05, 0.1) is 4.90 Å². The van der Waals surface area contributed by atoms with Crippen molar-refractivity contribution in [1.29, 1.82) is 0 Å². The van der Waals surface area contributed by atoms with Crippen LogP contribution in [0, 0.1) is 5.41 Å². The lowest BCUT2D eigenvalue weighted by molar-refractivity contribution is 0.0630. The summed E-state index contributed by atoms with van der Waals surface area (Å²) in [5.74, 6) is -0.213. The number of carbonyl (C=O) groups is 1. The zero-order valence-corrected chi connectivity index (χ0v) is 14.2. The summed E-state index contributed by atoms with van der Waals surface area (Å²) >= 11 is 5.89. The van der Waals surface area contributed by atoms with Crippen LogP contribution in [0.3, 0.4) is 0 Å². The van der Waals surface area contributed by atoms with E-state index in [1.807, 2.05) is 0 Å². The molecule has 0 unspecified atom stereocenters. The molecule has 0 N–H and O–H groups in total. The van der Waals surface area contributed by atoms with E-state index in [2.05, 4.69) is 13.8 Å². The molecule has 0 atom stereocenters. The highest BCUT2D eigenvalue weighted by molar-refractivity contribution is 8.13. The van der Waals surface area contributed by atoms with E-state index in [1.165, 1.54) is 18.2 Å². The monoisotopic (exact) mass is 349 g/mol. The van der Waals surface area contributed by atoms with E-state index in [-0.39, 0.29) is 26.8 Å². The van der Waals surface area contributed by atoms with Crippen LogP contribution >= 0.6 is 22.3 Å². The van der Waals surface area contributed by atoms with Gasteiger partial charge in [0.25, 0.3) is 15.0 Å². The molecular formula is C14H17Cl2NO3S. The molecule has 21 heavy (non-hydrogen) atoms. The minimum Gasteiger partial charge on any atom is -0.339 e. The third-order valence-electron chi connectivity index (χ3n) is 3.80. The summed E-state index contributed by atoms with van der Waals surface area (Å²) in [6.45, 7) is 5.65. The molecule has 0 aliphatic carbocycles. The quantitative estimate of drug-likeness (QED) is 0.767. The third-order valence-corrected chi connectivity index (χ3v) is 5.36. The molecule has 1 saturated heterocycles. The molecule has 1 amide bonds. The number of rotatable bonds is 2. The molecule has 1 aliphatic rings. The van der Waals surface area contributed by atoms with Gasteiger partial charge in [-0.1, -0.05) is 25.4 Å². The molecule has 1 aromatic rings. The van der Waals surface area contributed by atoms with Crippen molar-refractivity contribution in [2.75, 3.05) is 13.1 Å². The topological polar surface area (TPSA) is 54.5 Å². The number of piperidine rings is 1. The van der Waals surface area contributed by atoms with Crippen molar-refractivity contribution >= 4 is 37.2 Å². The number of benzene rings is 1. The van der Waals surface area contributed by atoms with Crippen LogP contribution in [0.15, 0.2) is 23.1 Å². The Bertz CT molecular complexity index is 661. The highest BCUT2D eigenvalue weighted by atomic mass is 35.7. The fraction of sp³-hybridized carbons (Fsp3) is 0.500. The van der Waals surface area contributed by atoms with Gasteiger partial charge >= 0.3 is 0 Å². The van der Waals surface area contributed by atoms with Crippen LogP contribution in [0.4, 0.5) is 0 Å². The molecule has 0 bridgehead atoms. The van der Waals surface area contributed by atoms with Crippen molar-refractivity contribution in [1.82, 2.24) is 4.90 Å². The molecule has 7 heteroatoms. The lowest BCUT2D eigenvalue weighted by atomic mass is 9.82. The Labute approximate surface area is 134 Å². The predicted octanol–water partition coefficient (Wildman–Crippen LogP) is 3.53. The molecular weight excluding hydrogens is 333 g/mol. The SMILES string of the molecule is CC1(C)CCN(C(=O)c2cc(Cl)cc(S(=O)(=O)Cl)c2)CC1. The molecule has 0 aromatic heterocycles. The van der Waals surface area contributed by atoms with Crippen molar-refractivity contribution in [3.8, 4) is 0 Å². The van der Waals surface area contributed by atoms with E-state index in [4.69, 9.17) is 22.3 Å². The highest BCUT2D eigenvalue weighted by Crippen LogP contribution is 2.31. The minimum atomic E-state index is -3.91. The molecule has 2 rings (SSSR count). The largest absolute Gasteiger partial charge is 0.339 e. The zero-order chi connectivity index (χ0) is 15.8. The molecule has 0 spiro atoms. The molecule has 1 fully saturated rings. The van der Waals surface area contributed by atoms with Crippen molar-refractivity contribution < 1.29 is 13.2 Å². The van der Waals surface area contributed by atoms with Gasteiger partial charge in [-0.15, -0.1) is 0 Å². The van der Waals surface area contributed by atoms with Gasteiger partial charge in [0, 0.05) is 34.4 Å². The summed E-state index contributed by atoms with van der Waals surface area (Å²) in [5.41, 5.74) is 0.483. The number of amides is 1. The summed E-state index contributed by atoms with van der Waals surface area (Å²) in [4.78, 5) is 14.0. The average molecular weight is 350 g/mol. The van der Waals surface area contributed by atoms with E-state index in [0.29, 0.717) is 13.1 Å². The first-order valence-corrected chi connectivity index (χ1v) is 9.32. The van der Waals surface area contributed by atoms with Gasteiger partial charge < -0.3 is 4.90 Å². The lowest BCUT2D eigenvalue weighted by Crippen LogP contribution is -2.41. The average Bonchev–Trinajstić information content (AvgIpc) is 2.36. The maximum atomic E-state index is 12.5. The maximum absolute atomic E-state index is 12.5. The van der Waals surface area contributed by atoms with Crippen LogP contribution in [0.1, 0.15) is 37.0 Å². The Balaban J connectivity index is 2.26. The second-order valence-electron chi connectivity index (χ2n) is 6.07. The van der Waals surface area contributed by atoms with E-state index >= 15 is 0 Å². The van der Waals surface area contributed by atoms with Crippen LogP contribution in [0.5, 0.6) is 0 Å². The summed E-state index contributed by atoms with van der Waals surface area (Å²) in [6, 6.07) is 3.98. The van der Waals surface area contributed by atoms with E-state index in [9.17, 15) is 13.2 Å². The lowest BCUT2D eigenvalue weighted by Gasteiger charge is -2.37. The van der Waals surface area contributed by atoms with Crippen molar-refractivity contribution in [2.24, 2.45) is 5.41 Å². The molecule has 0 radical (unpaired) electrons. The number of hydrogen-bond donors (Lipinski definition) is 0. The molecule has 1 heterocycles. The first-order valence-electron chi connectivity index (χ1n) is 6.63. The van der Waals surface area contributed by atoms with Crippen LogP contribution in [-0.4, -0.2) is 32.3 Å². The fourth-order valence-corrected chi connectivity index (χ4v) is 3.43. The second-order valence-corrected chi connectivity index (χ2v) is 9.07. The van der Waals surface area contributed by atoms with Gasteiger partial charge in [0.1, 0.15) is 0 Å². The van der Waals surface area contributed by atoms with Crippen molar-refractivity contribution in [3.63, 3.8) is 0 Å². The molecule has 0 saturated carbocycles. The van der Waals surface area contributed by atoms with Gasteiger partial charge in [-0.2, -0.15) is 0 Å². The van der Waals surface area contributed by atoms with Crippen LogP contribution in [0.2, 0.25) is 5.02 Å². The number of carbonyl (C=O) groups excluding carboxylic acids is 1. The normalized spacial score (nSPS) is 18.6. The van der Waals surface area contributed by atoms with Gasteiger partial charge in [-0.05, 0) is 36.5 Å².